The van der Waals surface area contributed by atoms with Gasteiger partial charge < -0.3 is 20.7 Å². The molecule has 0 fully saturated rings. The molecule has 0 radical (unpaired) electrons. The molecule has 0 aromatic heterocycles. The lowest BCUT2D eigenvalue weighted by Crippen LogP contribution is -2.38. The van der Waals surface area contributed by atoms with Gasteiger partial charge in [-0.15, -0.1) is 0 Å². The first kappa shape index (κ1) is 25.8. The molecule has 0 aliphatic rings. The van der Waals surface area contributed by atoms with Gasteiger partial charge in [-0.2, -0.15) is 0 Å². The molecule has 0 aliphatic heterocycles. The minimum absolute atomic E-state index is 0.172. The van der Waals surface area contributed by atoms with Crippen LogP contribution < -0.4 is 10.6 Å². The van der Waals surface area contributed by atoms with Crippen LogP contribution in [0.15, 0.2) is 78.9 Å². The number of carbonyl (C=O) groups is 2. The summed E-state index contributed by atoms with van der Waals surface area (Å²) in [5, 5.41) is 22.6. The minimum Gasteiger partial charge on any atom is -0.426 e. The second-order valence-corrected chi connectivity index (χ2v) is 7.52. The van der Waals surface area contributed by atoms with Gasteiger partial charge in [-0.1, -0.05) is 54.6 Å². The Balaban J connectivity index is 0.000000405. The Kier molecular flexibility index (Phi) is 10.3. The van der Waals surface area contributed by atoms with Crippen molar-refractivity contribution in [2.75, 3.05) is 6.44 Å². The quantitative estimate of drug-likeness (QED) is 0.416. The van der Waals surface area contributed by atoms with Crippen LogP contribution in [0.5, 0.6) is 0 Å². The van der Waals surface area contributed by atoms with Gasteiger partial charge in [-0.05, 0) is 54.8 Å². The molecule has 0 aliphatic carbocycles. The van der Waals surface area contributed by atoms with Gasteiger partial charge in [0.15, 0.2) is 0 Å². The summed E-state index contributed by atoms with van der Waals surface area (Å²) >= 11 is 0. The number of benzene rings is 3. The van der Waals surface area contributed by atoms with Crippen LogP contribution in [0.1, 0.15) is 39.5 Å². The molecule has 0 heterocycles. The Bertz CT molecular complexity index is 1030. The minimum atomic E-state index is -1.67. The summed E-state index contributed by atoms with van der Waals surface area (Å²) in [5.74, 6) is -1.39. The fourth-order valence-corrected chi connectivity index (χ4v) is 2.93. The molecule has 0 saturated heterocycles. The maximum absolute atomic E-state index is 13.5. The molecule has 8 heteroatoms. The van der Waals surface area contributed by atoms with E-state index in [1.54, 1.807) is 36.4 Å². The van der Waals surface area contributed by atoms with Crippen LogP contribution in [0, 0.1) is 19.7 Å². The zero-order valence-electron chi connectivity index (χ0n) is 18.7. The molecule has 3 aromatic carbocycles. The number of aryl methyl sites for hydroxylation is 2. The van der Waals surface area contributed by atoms with Gasteiger partial charge in [0.25, 0.3) is 5.91 Å². The molecule has 6 nitrogen and oxygen atoms in total. The van der Waals surface area contributed by atoms with Gasteiger partial charge in [-0.25, -0.2) is 4.39 Å². The molecule has 1 atom stereocenters. The highest BCUT2D eigenvalue weighted by Gasteiger charge is 2.20. The average Bonchev–Trinajstić information content (AvgIpc) is 2.80. The molecular weight excluding hydrogens is 422 g/mol. The predicted octanol–water partition coefficient (Wildman–Crippen LogP) is 3.12. The summed E-state index contributed by atoms with van der Waals surface area (Å²) in [6.07, 6.45) is -0.504. The van der Waals surface area contributed by atoms with E-state index >= 15 is 0 Å². The van der Waals surface area contributed by atoms with Gasteiger partial charge >= 0.3 is 7.12 Å². The van der Waals surface area contributed by atoms with E-state index in [1.807, 2.05) is 0 Å². The molecule has 33 heavy (non-hydrogen) atoms. The number of nitrogens with one attached hydrogen (secondary N) is 2. The van der Waals surface area contributed by atoms with Gasteiger partial charge in [0, 0.05) is 5.56 Å². The van der Waals surface area contributed by atoms with Crippen LogP contribution in [0.4, 0.5) is 4.39 Å². The third kappa shape index (κ3) is 9.27. The first-order chi connectivity index (χ1) is 15.8. The summed E-state index contributed by atoms with van der Waals surface area (Å²) in [5.41, 5.74) is 3.58. The highest BCUT2D eigenvalue weighted by molar-refractivity contribution is 6.41. The lowest BCUT2D eigenvalue weighted by Gasteiger charge is -2.19. The molecule has 2 amide bonds. The Hall–Kier alpha value is -3.49. The lowest BCUT2D eigenvalue weighted by atomic mass is 9.92. The van der Waals surface area contributed by atoms with Crippen molar-refractivity contribution in [3.05, 3.63) is 107 Å². The van der Waals surface area contributed by atoms with E-state index in [0.717, 1.165) is 0 Å². The largest absolute Gasteiger partial charge is 0.472 e. The predicted molar refractivity (Wildman–Crippen MR) is 127 cm³/mol. The number of hydrogen-bond acceptors (Lipinski definition) is 4. The molecule has 0 saturated carbocycles. The molecule has 1 unspecified atom stereocenters. The maximum Gasteiger partial charge on any atom is 0.472 e. The topological polar surface area (TPSA) is 98.7 Å². The summed E-state index contributed by atoms with van der Waals surface area (Å²) in [4.78, 5) is 24.3. The Morgan fingerprint density at radius 1 is 0.909 bits per heavy atom. The first-order valence-electron chi connectivity index (χ1n) is 10.5. The molecule has 172 valence electrons. The number of amides is 2. The lowest BCUT2D eigenvalue weighted by molar-refractivity contribution is -0.121. The van der Waals surface area contributed by atoms with Crippen LogP contribution in [0.3, 0.4) is 0 Å². The van der Waals surface area contributed by atoms with Crippen molar-refractivity contribution in [1.29, 1.82) is 0 Å². The van der Waals surface area contributed by atoms with Gasteiger partial charge in [0.1, 0.15) is 5.82 Å². The summed E-state index contributed by atoms with van der Waals surface area (Å²) in [7, 11) is -1.67. The van der Waals surface area contributed by atoms with E-state index < -0.39 is 30.8 Å². The third-order valence-electron chi connectivity index (χ3n) is 4.89. The third-order valence-corrected chi connectivity index (χ3v) is 4.89. The van der Waals surface area contributed by atoms with Crippen molar-refractivity contribution in [3.8, 4) is 0 Å². The van der Waals surface area contributed by atoms with Crippen molar-refractivity contribution in [3.63, 3.8) is 0 Å². The first-order valence-corrected chi connectivity index (χ1v) is 10.5. The second-order valence-electron chi connectivity index (χ2n) is 7.52. The highest BCUT2D eigenvalue weighted by atomic mass is 19.1. The van der Waals surface area contributed by atoms with E-state index in [4.69, 9.17) is 10.0 Å². The molecule has 3 aromatic rings. The number of rotatable bonds is 7. The number of carbonyl (C=O) groups excluding carboxylic acids is 2. The van der Waals surface area contributed by atoms with Crippen LogP contribution in [-0.4, -0.2) is 35.4 Å². The second kappa shape index (κ2) is 13.2. The zero-order valence-corrected chi connectivity index (χ0v) is 18.7. The molecule has 3 rings (SSSR count). The van der Waals surface area contributed by atoms with Crippen LogP contribution in [0.25, 0.3) is 0 Å². The summed E-state index contributed by atoms with van der Waals surface area (Å²) in [6, 6.07) is 21.6. The van der Waals surface area contributed by atoms with Crippen molar-refractivity contribution in [2.45, 2.75) is 26.3 Å². The van der Waals surface area contributed by atoms with Crippen molar-refractivity contribution in [2.24, 2.45) is 0 Å². The molecule has 0 spiro atoms. The van der Waals surface area contributed by atoms with Gasteiger partial charge in [0.2, 0.25) is 5.91 Å². The van der Waals surface area contributed by atoms with E-state index in [2.05, 4.69) is 48.7 Å². The van der Waals surface area contributed by atoms with Gasteiger partial charge in [0.05, 0.1) is 18.9 Å². The van der Waals surface area contributed by atoms with Crippen LogP contribution >= 0.6 is 0 Å². The molecular formula is C25H28BFN2O4. The van der Waals surface area contributed by atoms with E-state index in [-0.39, 0.29) is 12.9 Å². The standard InChI is InChI=1S/C17H18BFN2O4.C8H10/c19-14-8-4-7-13(9-14)15(10-16(22)20-11-18(24)25)21-17(23)12-5-2-1-3-6-12;1-7-5-3-4-6-8(7)2/h1-9,15,24-25H,10-11H2,(H,20,22)(H,21,23);3-6H,1-2H3. The summed E-state index contributed by atoms with van der Waals surface area (Å²) in [6.45, 7) is 4.24. The Labute approximate surface area is 193 Å². The number of halogens is 1. The molecule has 4 N–H and O–H groups in total. The Morgan fingerprint density at radius 2 is 1.52 bits per heavy atom. The monoisotopic (exact) mass is 450 g/mol. The zero-order chi connectivity index (χ0) is 24.2. The van der Waals surface area contributed by atoms with Crippen molar-refractivity contribution < 1.29 is 24.0 Å². The Morgan fingerprint density at radius 3 is 2.06 bits per heavy atom. The highest BCUT2D eigenvalue weighted by Crippen LogP contribution is 2.19. The maximum atomic E-state index is 13.5. The number of hydrogen-bond donors (Lipinski definition) is 4. The van der Waals surface area contributed by atoms with Crippen LogP contribution in [-0.2, 0) is 4.79 Å². The fraction of sp³-hybridized carbons (Fsp3) is 0.200. The van der Waals surface area contributed by atoms with Crippen molar-refractivity contribution >= 4 is 18.9 Å². The van der Waals surface area contributed by atoms with E-state index in [0.29, 0.717) is 11.1 Å². The van der Waals surface area contributed by atoms with E-state index in [1.165, 1.54) is 29.3 Å². The summed E-state index contributed by atoms with van der Waals surface area (Å²) < 4.78 is 13.5. The van der Waals surface area contributed by atoms with Crippen molar-refractivity contribution in [1.82, 2.24) is 10.6 Å². The SMILES string of the molecule is Cc1ccccc1C.O=C(CC(NC(=O)c1ccccc1)c1cccc(F)c1)NCB(O)O. The normalized spacial score (nSPS) is 10.9. The van der Waals surface area contributed by atoms with Crippen LogP contribution in [0.2, 0.25) is 0 Å². The average molecular weight is 450 g/mol. The fourth-order valence-electron chi connectivity index (χ4n) is 2.93. The smallest absolute Gasteiger partial charge is 0.426 e. The van der Waals surface area contributed by atoms with E-state index in [9.17, 15) is 14.0 Å². The van der Waals surface area contributed by atoms with Gasteiger partial charge in [-0.3, -0.25) is 9.59 Å². The molecule has 0 bridgehead atoms.